The van der Waals surface area contributed by atoms with Crippen molar-refractivity contribution >= 4 is 28.0 Å². The maximum Gasteiger partial charge on any atom is 0.176 e. The topological polar surface area (TPSA) is 57.9 Å². The highest BCUT2D eigenvalue weighted by Crippen LogP contribution is 2.17. The Morgan fingerprint density at radius 1 is 1.60 bits per heavy atom. The van der Waals surface area contributed by atoms with Gasteiger partial charge in [-0.1, -0.05) is 15.9 Å². The highest BCUT2D eigenvalue weighted by molar-refractivity contribution is 9.09. The average Bonchev–Trinajstić information content (AvgIpc) is 2.27. The van der Waals surface area contributed by atoms with Gasteiger partial charge in [-0.3, -0.25) is 9.59 Å². The molecule has 5 heteroatoms. The quantitative estimate of drug-likeness (QED) is 0.480. The second kappa shape index (κ2) is 4.80. The summed E-state index contributed by atoms with van der Waals surface area (Å²) in [5, 5.41) is 8.56. The summed E-state index contributed by atoms with van der Waals surface area (Å²) < 4.78 is 13.5. The monoisotopic (exact) mass is 269 g/mol. The maximum absolute atomic E-state index is 13.5. The van der Waals surface area contributed by atoms with E-state index in [4.69, 9.17) is 5.26 Å². The van der Waals surface area contributed by atoms with Crippen LogP contribution in [0.25, 0.3) is 0 Å². The zero-order valence-corrected chi connectivity index (χ0v) is 9.04. The Morgan fingerprint density at radius 2 is 2.27 bits per heavy atom. The lowest BCUT2D eigenvalue weighted by molar-refractivity contribution is 0.102. The van der Waals surface area contributed by atoms with Crippen LogP contribution in [0.1, 0.15) is 26.3 Å². The number of hydrogen-bond donors (Lipinski definition) is 0. The Morgan fingerprint density at radius 3 is 2.73 bits per heavy atom. The molecule has 3 nitrogen and oxygen atoms in total. The number of carbonyl (C=O) groups is 2. The summed E-state index contributed by atoms with van der Waals surface area (Å²) in [5.74, 6) is -1.41. The first-order valence-corrected chi connectivity index (χ1v) is 5.04. The Kier molecular flexibility index (Phi) is 3.69. The molecule has 0 aliphatic heterocycles. The molecule has 1 aromatic carbocycles. The Bertz CT molecular complexity index is 465. The summed E-state index contributed by atoms with van der Waals surface area (Å²) in [7, 11) is 0. The molecule has 0 N–H and O–H groups in total. The fraction of sp³-hybridized carbons (Fsp3) is 0.100. The Labute approximate surface area is 93.6 Å². The van der Waals surface area contributed by atoms with Crippen LogP contribution in [-0.2, 0) is 0 Å². The molecule has 0 aliphatic carbocycles. The van der Waals surface area contributed by atoms with Crippen LogP contribution in [0, 0.1) is 17.1 Å². The molecule has 0 bridgehead atoms. The average molecular weight is 270 g/mol. The first-order chi connectivity index (χ1) is 7.15. The van der Waals surface area contributed by atoms with Crippen LogP contribution in [0.5, 0.6) is 0 Å². The molecule has 0 unspecified atom stereocenters. The lowest BCUT2D eigenvalue weighted by Gasteiger charge is -2.03. The van der Waals surface area contributed by atoms with Crippen molar-refractivity contribution in [3.63, 3.8) is 0 Å². The largest absolute Gasteiger partial charge is 0.298 e. The van der Waals surface area contributed by atoms with Crippen molar-refractivity contribution in [2.24, 2.45) is 0 Å². The minimum atomic E-state index is -0.937. The van der Waals surface area contributed by atoms with Crippen LogP contribution in [0.2, 0.25) is 0 Å². The summed E-state index contributed by atoms with van der Waals surface area (Å²) in [5.41, 5.74) is -0.633. The summed E-state index contributed by atoms with van der Waals surface area (Å²) in [6.07, 6.45) is 0.235. The highest BCUT2D eigenvalue weighted by Gasteiger charge is 2.16. The van der Waals surface area contributed by atoms with Crippen molar-refractivity contribution in [3.05, 3.63) is 34.6 Å². The van der Waals surface area contributed by atoms with Gasteiger partial charge < -0.3 is 0 Å². The predicted molar refractivity (Wildman–Crippen MR) is 54.6 cm³/mol. The van der Waals surface area contributed by atoms with Gasteiger partial charge in [-0.2, -0.15) is 5.26 Å². The summed E-state index contributed by atoms with van der Waals surface area (Å²) in [6, 6.07) is 4.13. The van der Waals surface area contributed by atoms with E-state index in [1.165, 1.54) is 12.1 Å². The number of ketones is 1. The Balaban J connectivity index is 3.43. The molecule has 1 aromatic rings. The Hall–Kier alpha value is -1.54. The van der Waals surface area contributed by atoms with Crippen molar-refractivity contribution in [1.29, 1.82) is 5.26 Å². The van der Waals surface area contributed by atoms with Gasteiger partial charge >= 0.3 is 0 Å². The van der Waals surface area contributed by atoms with Gasteiger partial charge in [0, 0.05) is 0 Å². The van der Waals surface area contributed by atoms with Gasteiger partial charge in [-0.25, -0.2) is 4.39 Å². The van der Waals surface area contributed by atoms with E-state index in [0.29, 0.717) is 0 Å². The number of carbonyl (C=O) groups excluding carboxylic acids is 2. The normalized spacial score (nSPS) is 9.40. The third-order valence-corrected chi connectivity index (χ3v) is 2.35. The van der Waals surface area contributed by atoms with Crippen molar-refractivity contribution in [2.45, 2.75) is 0 Å². The summed E-state index contributed by atoms with van der Waals surface area (Å²) >= 11 is 2.90. The molecule has 0 radical (unpaired) electrons. The van der Waals surface area contributed by atoms with E-state index in [1.807, 2.05) is 0 Å². The maximum atomic E-state index is 13.5. The number of nitriles is 1. The van der Waals surface area contributed by atoms with Crippen LogP contribution in [-0.4, -0.2) is 17.4 Å². The van der Waals surface area contributed by atoms with Gasteiger partial charge in [0.1, 0.15) is 5.82 Å². The zero-order chi connectivity index (χ0) is 11.4. The number of Topliss-reactive ketones (excluding diaryl/α,β-unsaturated/α-hetero) is 1. The van der Waals surface area contributed by atoms with E-state index in [1.54, 1.807) is 6.07 Å². The second-order valence-electron chi connectivity index (χ2n) is 2.67. The van der Waals surface area contributed by atoms with Crippen molar-refractivity contribution in [3.8, 4) is 6.07 Å². The zero-order valence-electron chi connectivity index (χ0n) is 7.46. The van der Waals surface area contributed by atoms with Crippen LogP contribution in [0.15, 0.2) is 12.1 Å². The molecular weight excluding hydrogens is 265 g/mol. The second-order valence-corrected chi connectivity index (χ2v) is 3.24. The van der Waals surface area contributed by atoms with Crippen molar-refractivity contribution in [2.75, 3.05) is 5.33 Å². The molecule has 1 rings (SSSR count). The van der Waals surface area contributed by atoms with Crippen LogP contribution < -0.4 is 0 Å². The van der Waals surface area contributed by atoms with E-state index < -0.39 is 11.6 Å². The van der Waals surface area contributed by atoms with Crippen LogP contribution in [0.4, 0.5) is 4.39 Å². The van der Waals surface area contributed by atoms with E-state index in [-0.39, 0.29) is 28.3 Å². The first-order valence-electron chi connectivity index (χ1n) is 3.92. The molecular formula is C10H5BrFNO2. The highest BCUT2D eigenvalue weighted by atomic mass is 79.9. The van der Waals surface area contributed by atoms with E-state index in [0.717, 1.165) is 0 Å². The van der Waals surface area contributed by atoms with Gasteiger partial charge in [0.25, 0.3) is 0 Å². The molecule has 0 saturated heterocycles. The van der Waals surface area contributed by atoms with Crippen LogP contribution in [0.3, 0.4) is 0 Å². The number of hydrogen-bond acceptors (Lipinski definition) is 3. The minimum absolute atomic E-state index is 0.0336. The molecule has 15 heavy (non-hydrogen) atoms. The lowest BCUT2D eigenvalue weighted by atomic mass is 10.0. The van der Waals surface area contributed by atoms with Gasteiger partial charge in [-0.05, 0) is 12.1 Å². The molecule has 0 aliphatic rings. The number of rotatable bonds is 3. The fourth-order valence-corrected chi connectivity index (χ4v) is 1.40. The number of alkyl halides is 1. The van der Waals surface area contributed by atoms with E-state index in [9.17, 15) is 14.0 Å². The number of halogens is 2. The molecule has 0 spiro atoms. The van der Waals surface area contributed by atoms with Crippen molar-refractivity contribution in [1.82, 2.24) is 0 Å². The van der Waals surface area contributed by atoms with Crippen LogP contribution >= 0.6 is 15.9 Å². The minimum Gasteiger partial charge on any atom is -0.298 e. The molecule has 0 fully saturated rings. The summed E-state index contributed by atoms with van der Waals surface area (Å²) in [6.45, 7) is 0. The molecule has 0 atom stereocenters. The standard InChI is InChI=1S/C10H5BrFNO2/c11-3-9(15)7-2-1-6(4-13)8(5-14)10(7)12/h1-2,5H,3H2. The van der Waals surface area contributed by atoms with E-state index >= 15 is 0 Å². The lowest BCUT2D eigenvalue weighted by Crippen LogP contribution is -2.07. The fourth-order valence-electron chi connectivity index (χ4n) is 1.09. The molecule has 0 heterocycles. The van der Waals surface area contributed by atoms with Gasteiger partial charge in [0.15, 0.2) is 12.1 Å². The number of aldehydes is 1. The van der Waals surface area contributed by atoms with Gasteiger partial charge in [-0.15, -0.1) is 0 Å². The molecule has 0 amide bonds. The smallest absolute Gasteiger partial charge is 0.176 e. The molecule has 76 valence electrons. The van der Waals surface area contributed by atoms with Gasteiger partial charge in [0.05, 0.1) is 28.1 Å². The van der Waals surface area contributed by atoms with E-state index in [2.05, 4.69) is 15.9 Å². The number of nitrogens with zero attached hydrogens (tertiary/aromatic N) is 1. The third-order valence-electron chi connectivity index (χ3n) is 1.84. The predicted octanol–water partition coefficient (Wildman–Crippen LogP) is 2.09. The molecule has 0 saturated carbocycles. The van der Waals surface area contributed by atoms with Gasteiger partial charge in [0.2, 0.25) is 0 Å². The first kappa shape index (κ1) is 11.5. The van der Waals surface area contributed by atoms with Crippen molar-refractivity contribution < 1.29 is 14.0 Å². The summed E-state index contributed by atoms with van der Waals surface area (Å²) in [4.78, 5) is 21.8. The third kappa shape index (κ3) is 2.10. The molecule has 0 aromatic heterocycles. The number of benzene rings is 1. The SMILES string of the molecule is N#Cc1ccc(C(=O)CBr)c(F)c1C=O.